The summed E-state index contributed by atoms with van der Waals surface area (Å²) in [4.78, 5) is 0. The van der Waals surface area contributed by atoms with Crippen LogP contribution in [0.5, 0.6) is 0 Å². The van der Waals surface area contributed by atoms with E-state index in [0.717, 1.165) is 50.5 Å². The van der Waals surface area contributed by atoms with Gasteiger partial charge in [0.2, 0.25) is 20.8 Å². The summed E-state index contributed by atoms with van der Waals surface area (Å²) in [7, 11) is -9.81. The maximum atomic E-state index is 11.8. The van der Waals surface area contributed by atoms with Crippen LogP contribution in [0.4, 0.5) is 0 Å². The fourth-order valence-corrected chi connectivity index (χ4v) is 10.4. The molecule has 4 rings (SSSR count). The standard InChI is InChI=1S/C27H46O10S2.2Na/c1-17(2)6-5-7-18(16-36-38(30,31)32)20-8-9-21-19-10-15-27(29)24(28)23(37-39(33,34)35)12-14-26(27,4)22(19)11-13-25(20,21)3;;/h18-24,28-29H,1,5-16H2,2-4H3,(H,30,31,32)(H,33,34,35);;/q;2*+1/p-2/t18-,19-,20+,21-,22-,23+,24+,25+,26+,27-;;/m0../s1. The van der Waals surface area contributed by atoms with E-state index in [4.69, 9.17) is 4.18 Å². The van der Waals surface area contributed by atoms with Crippen molar-refractivity contribution in [3.8, 4) is 0 Å². The Labute approximate surface area is 290 Å². The van der Waals surface area contributed by atoms with Gasteiger partial charge in [-0.05, 0) is 113 Å². The Morgan fingerprint density at radius 3 is 2.22 bits per heavy atom. The van der Waals surface area contributed by atoms with Gasteiger partial charge in [0, 0.05) is 5.41 Å². The van der Waals surface area contributed by atoms with E-state index in [2.05, 4.69) is 17.7 Å². The quantitative estimate of drug-likeness (QED) is 0.112. The second-order valence-electron chi connectivity index (χ2n) is 13.3. The van der Waals surface area contributed by atoms with Crippen LogP contribution < -0.4 is 59.1 Å². The molecule has 0 radical (unpaired) electrons. The molecule has 0 aromatic carbocycles. The SMILES string of the molecule is C=C(C)CCC[C@@H](COS(=O)(=O)[O-])[C@H]1CC[C@H]2[C@@H]3CC[C@]4(O)[C@H](O)[C@H](OS(=O)(=O)[O-])CC[C@]4(C)[C@H]3CC[C@]12C.[Na+].[Na+]. The average molecular weight is 639 g/mol. The molecule has 0 heterocycles. The molecule has 10 atom stereocenters. The van der Waals surface area contributed by atoms with Crippen molar-refractivity contribution in [2.75, 3.05) is 6.61 Å². The first-order valence-corrected chi connectivity index (χ1v) is 16.9. The number of allylic oxidation sites excluding steroid dienone is 1. The third kappa shape index (κ3) is 7.86. The van der Waals surface area contributed by atoms with Crippen molar-refractivity contribution >= 4 is 20.8 Å². The Kier molecular flexibility index (Phi) is 13.2. The first-order chi connectivity index (χ1) is 17.9. The van der Waals surface area contributed by atoms with Crippen LogP contribution in [0.1, 0.15) is 91.4 Å². The number of aliphatic hydroxyl groups excluding tert-OH is 1. The third-order valence-electron chi connectivity index (χ3n) is 11.4. The fraction of sp³-hybridized carbons (Fsp3) is 0.926. The normalized spacial score (nSPS) is 41.1. The van der Waals surface area contributed by atoms with Crippen LogP contribution in [-0.4, -0.2) is 60.6 Å². The van der Waals surface area contributed by atoms with Gasteiger partial charge in [-0.25, -0.2) is 16.8 Å². The van der Waals surface area contributed by atoms with Gasteiger partial charge in [-0.15, -0.1) is 6.58 Å². The first kappa shape index (κ1) is 38.6. The van der Waals surface area contributed by atoms with Gasteiger partial charge in [0.25, 0.3) is 0 Å². The summed E-state index contributed by atoms with van der Waals surface area (Å²) in [5, 5.41) is 22.9. The molecule has 0 aliphatic heterocycles. The summed E-state index contributed by atoms with van der Waals surface area (Å²) in [5.74, 6) is 0.850. The van der Waals surface area contributed by atoms with Crippen molar-refractivity contribution in [2.24, 2.45) is 40.4 Å². The molecule has 41 heavy (non-hydrogen) atoms. The van der Waals surface area contributed by atoms with E-state index in [1.807, 2.05) is 13.8 Å². The molecule has 0 unspecified atom stereocenters. The van der Waals surface area contributed by atoms with Crippen molar-refractivity contribution < 1.29 is 104 Å². The van der Waals surface area contributed by atoms with Crippen LogP contribution in [-0.2, 0) is 29.2 Å². The van der Waals surface area contributed by atoms with Crippen molar-refractivity contribution in [2.45, 2.75) is 109 Å². The van der Waals surface area contributed by atoms with E-state index in [9.17, 15) is 36.2 Å². The molecule has 0 saturated heterocycles. The van der Waals surface area contributed by atoms with Crippen molar-refractivity contribution in [1.29, 1.82) is 0 Å². The van der Waals surface area contributed by atoms with E-state index >= 15 is 0 Å². The van der Waals surface area contributed by atoms with Gasteiger partial charge < -0.3 is 19.3 Å². The minimum Gasteiger partial charge on any atom is -0.726 e. The van der Waals surface area contributed by atoms with E-state index < -0.39 is 44.0 Å². The van der Waals surface area contributed by atoms with Gasteiger partial charge in [0.15, 0.2) is 0 Å². The minimum absolute atomic E-state index is 0. The number of fused-ring (bicyclic) bond motifs is 5. The van der Waals surface area contributed by atoms with Crippen LogP contribution in [0.2, 0.25) is 0 Å². The second kappa shape index (κ2) is 14.0. The largest absolute Gasteiger partial charge is 1.00 e. The van der Waals surface area contributed by atoms with Crippen LogP contribution in [0, 0.1) is 40.4 Å². The Morgan fingerprint density at radius 2 is 1.63 bits per heavy atom. The summed E-state index contributed by atoms with van der Waals surface area (Å²) in [6.45, 7) is 10.1. The van der Waals surface area contributed by atoms with Crippen LogP contribution in [0.3, 0.4) is 0 Å². The Morgan fingerprint density at radius 1 is 0.976 bits per heavy atom. The maximum Gasteiger partial charge on any atom is 1.00 e. The van der Waals surface area contributed by atoms with Gasteiger partial charge >= 0.3 is 59.1 Å². The zero-order chi connectivity index (χ0) is 29.0. The van der Waals surface area contributed by atoms with Gasteiger partial charge in [-0.1, -0.05) is 19.4 Å². The third-order valence-corrected chi connectivity index (χ3v) is 12.3. The van der Waals surface area contributed by atoms with Crippen molar-refractivity contribution in [1.82, 2.24) is 0 Å². The predicted molar refractivity (Wildman–Crippen MR) is 140 cm³/mol. The molecule has 14 heteroatoms. The molecule has 0 spiro atoms. The Balaban J connectivity index is 0.00000294. The van der Waals surface area contributed by atoms with Gasteiger partial charge in [0.1, 0.15) is 12.2 Å². The zero-order valence-electron chi connectivity index (χ0n) is 25.2. The summed E-state index contributed by atoms with van der Waals surface area (Å²) >= 11 is 0. The molecular weight excluding hydrogens is 594 g/mol. The summed E-state index contributed by atoms with van der Waals surface area (Å²) in [6.07, 6.45) is 4.76. The second-order valence-corrected chi connectivity index (χ2v) is 15.4. The molecule has 0 bridgehead atoms. The van der Waals surface area contributed by atoms with Crippen molar-refractivity contribution in [3.05, 3.63) is 12.2 Å². The molecule has 226 valence electrons. The Bertz CT molecular complexity index is 1150. The monoisotopic (exact) mass is 638 g/mol. The molecule has 0 amide bonds. The van der Waals surface area contributed by atoms with Crippen molar-refractivity contribution in [3.63, 3.8) is 0 Å². The molecule has 2 N–H and O–H groups in total. The molecule has 4 saturated carbocycles. The predicted octanol–water partition coefficient (Wildman–Crippen LogP) is -2.58. The van der Waals surface area contributed by atoms with Gasteiger partial charge in [-0.3, -0.25) is 8.37 Å². The number of aliphatic hydroxyl groups is 2. The van der Waals surface area contributed by atoms with Crippen LogP contribution >= 0.6 is 0 Å². The maximum absolute atomic E-state index is 11.8. The van der Waals surface area contributed by atoms with E-state index in [-0.39, 0.29) is 108 Å². The van der Waals surface area contributed by atoms with Crippen LogP contribution in [0.15, 0.2) is 12.2 Å². The number of rotatable bonds is 10. The topological polar surface area (TPSA) is 173 Å². The van der Waals surface area contributed by atoms with E-state index in [1.165, 1.54) is 0 Å². The molecular formula is C27H44Na2O10S2. The summed E-state index contributed by atoms with van der Waals surface area (Å²) in [5.41, 5.74) is -1.25. The first-order valence-electron chi connectivity index (χ1n) is 14.2. The molecule has 4 aliphatic carbocycles. The molecule has 4 aliphatic rings. The zero-order valence-corrected chi connectivity index (χ0v) is 30.8. The molecule has 0 aromatic rings. The number of hydrogen-bond acceptors (Lipinski definition) is 10. The van der Waals surface area contributed by atoms with Gasteiger partial charge in [0.05, 0.1) is 12.2 Å². The molecule has 0 aromatic heterocycles. The summed E-state index contributed by atoms with van der Waals surface area (Å²) in [6, 6.07) is 0. The smallest absolute Gasteiger partial charge is 0.726 e. The summed E-state index contributed by atoms with van der Waals surface area (Å²) < 4.78 is 77.1. The molecule has 4 fully saturated rings. The van der Waals surface area contributed by atoms with E-state index in [0.29, 0.717) is 18.8 Å². The fourth-order valence-electron chi connectivity index (χ4n) is 9.57. The minimum atomic E-state index is -5.02. The number of hydrogen-bond donors (Lipinski definition) is 2. The van der Waals surface area contributed by atoms with Gasteiger partial charge in [-0.2, -0.15) is 0 Å². The Hall–Kier alpha value is 1.40. The van der Waals surface area contributed by atoms with E-state index in [1.54, 1.807) is 0 Å². The van der Waals surface area contributed by atoms with Crippen LogP contribution in [0.25, 0.3) is 0 Å². The average Bonchev–Trinajstić information content (AvgIpc) is 3.15. The molecule has 10 nitrogen and oxygen atoms in total.